The monoisotopic (exact) mass is 284 g/mol. The molecule has 1 fully saturated rings. The van der Waals surface area contributed by atoms with E-state index in [0.29, 0.717) is 12.0 Å². The summed E-state index contributed by atoms with van der Waals surface area (Å²) < 4.78 is 1.89. The van der Waals surface area contributed by atoms with Crippen LogP contribution in [0.1, 0.15) is 24.3 Å². The quantitative estimate of drug-likeness (QED) is 0.890. The second kappa shape index (κ2) is 4.93. The van der Waals surface area contributed by atoms with E-state index < -0.39 is 0 Å². The highest BCUT2D eigenvalue weighted by atomic mass is 16.1. The number of piperidine rings is 1. The van der Waals surface area contributed by atoms with Crippen molar-refractivity contribution < 1.29 is 0 Å². The normalized spacial score (nSPS) is 23.0. The van der Waals surface area contributed by atoms with E-state index in [1.807, 2.05) is 16.8 Å². The molecule has 2 aliphatic rings. The number of aromatic nitrogens is 2. The summed E-state index contributed by atoms with van der Waals surface area (Å²) in [4.78, 5) is 19.0. The van der Waals surface area contributed by atoms with E-state index in [1.165, 1.54) is 5.56 Å². The third kappa shape index (κ3) is 2.17. The zero-order chi connectivity index (χ0) is 14.4. The minimum absolute atomic E-state index is 0.0833. The Morgan fingerprint density at radius 1 is 1.24 bits per heavy atom. The van der Waals surface area contributed by atoms with E-state index in [-0.39, 0.29) is 5.56 Å². The Balaban J connectivity index is 1.64. The van der Waals surface area contributed by atoms with Crippen LogP contribution in [0.4, 0.5) is 0 Å². The second-order valence-electron chi connectivity index (χ2n) is 6.25. The molecule has 0 aromatic carbocycles. The maximum Gasteiger partial charge on any atom is 0.251 e. The number of nitrogens with zero attached hydrogens (tertiary/aromatic N) is 3. The van der Waals surface area contributed by atoms with Gasteiger partial charge in [0.25, 0.3) is 5.56 Å². The molecule has 2 aromatic rings. The lowest BCUT2D eigenvalue weighted by Crippen LogP contribution is -2.41. The molecule has 0 aliphatic carbocycles. The van der Waals surface area contributed by atoms with E-state index in [1.54, 1.807) is 6.07 Å². The predicted molar refractivity (Wildman–Crippen MR) is 82.4 cm³/mol. The average Bonchev–Trinajstić information content (AvgIpc) is 2.86. The van der Waals surface area contributed by atoms with Gasteiger partial charge in [0.1, 0.15) is 0 Å². The van der Waals surface area contributed by atoms with E-state index in [9.17, 15) is 4.79 Å². The van der Waals surface area contributed by atoms with Crippen LogP contribution >= 0.6 is 0 Å². The van der Waals surface area contributed by atoms with Crippen LogP contribution in [-0.2, 0) is 6.54 Å². The number of likely N-dealkylation sites (tertiary alicyclic amines) is 1. The molecule has 2 aromatic heterocycles. The number of pyridine rings is 2. The summed E-state index contributed by atoms with van der Waals surface area (Å²) in [6.45, 7) is 3.92. The van der Waals surface area contributed by atoms with Crippen molar-refractivity contribution >= 4 is 11.0 Å². The summed E-state index contributed by atoms with van der Waals surface area (Å²) in [5.74, 6) is 0.389. The Hall–Kier alpha value is -1.72. The maximum absolute atomic E-state index is 12.1. The fourth-order valence-electron chi connectivity index (χ4n) is 3.68. The first-order valence-electron chi connectivity index (χ1n) is 7.69. The largest absolute Gasteiger partial charge is 0.328 e. The molecular formula is C16H20N4O. The van der Waals surface area contributed by atoms with Crippen molar-refractivity contribution in [2.24, 2.45) is 5.73 Å². The minimum atomic E-state index is 0.0833. The molecule has 1 atom stereocenters. The molecule has 1 saturated heterocycles. The summed E-state index contributed by atoms with van der Waals surface area (Å²) in [6, 6.07) is 5.89. The maximum atomic E-state index is 12.1. The molecule has 0 bridgehead atoms. The van der Waals surface area contributed by atoms with Gasteiger partial charge in [-0.2, -0.15) is 0 Å². The van der Waals surface area contributed by atoms with Crippen molar-refractivity contribution in [2.75, 3.05) is 19.6 Å². The summed E-state index contributed by atoms with van der Waals surface area (Å²) in [5, 5.41) is 0. The number of nitrogens with two attached hydrogens (primary N) is 1. The van der Waals surface area contributed by atoms with Gasteiger partial charge in [-0.25, -0.2) is 0 Å². The van der Waals surface area contributed by atoms with Gasteiger partial charge < -0.3 is 15.2 Å². The second-order valence-corrected chi connectivity index (χ2v) is 6.25. The lowest BCUT2D eigenvalue weighted by molar-refractivity contribution is 0.199. The Morgan fingerprint density at radius 2 is 2.05 bits per heavy atom. The first-order chi connectivity index (χ1) is 10.2. The molecule has 21 heavy (non-hydrogen) atoms. The highest BCUT2D eigenvalue weighted by Crippen LogP contribution is 2.32. The molecular weight excluding hydrogens is 264 g/mol. The van der Waals surface area contributed by atoms with Crippen LogP contribution < -0.4 is 11.3 Å². The highest BCUT2D eigenvalue weighted by Gasteiger charge is 2.28. The lowest BCUT2D eigenvalue weighted by atomic mass is 9.99. The number of hydrogen-bond acceptors (Lipinski definition) is 4. The molecule has 0 radical (unpaired) electrons. The fraction of sp³-hybridized carbons (Fsp3) is 0.500. The van der Waals surface area contributed by atoms with Gasteiger partial charge in [-0.15, -0.1) is 0 Å². The molecule has 5 heteroatoms. The third-order valence-electron chi connectivity index (χ3n) is 4.86. The number of rotatable bonds is 2. The van der Waals surface area contributed by atoms with Gasteiger partial charge in [-0.3, -0.25) is 9.78 Å². The Morgan fingerprint density at radius 3 is 2.86 bits per heavy atom. The van der Waals surface area contributed by atoms with Crippen LogP contribution in [0.25, 0.3) is 11.0 Å². The summed E-state index contributed by atoms with van der Waals surface area (Å²) in [5.41, 5.74) is 9.29. The van der Waals surface area contributed by atoms with Crippen molar-refractivity contribution in [1.29, 1.82) is 0 Å². The van der Waals surface area contributed by atoms with E-state index in [4.69, 9.17) is 5.73 Å². The topological polar surface area (TPSA) is 64.2 Å². The first kappa shape index (κ1) is 13.0. The molecule has 1 unspecified atom stereocenters. The van der Waals surface area contributed by atoms with Crippen LogP contribution in [0, 0.1) is 0 Å². The van der Waals surface area contributed by atoms with Crippen LogP contribution in [0.2, 0.25) is 0 Å². The van der Waals surface area contributed by atoms with Crippen molar-refractivity contribution in [2.45, 2.75) is 31.3 Å². The number of hydrogen-bond donors (Lipinski definition) is 1. The van der Waals surface area contributed by atoms with Gasteiger partial charge in [-0.1, -0.05) is 0 Å². The van der Waals surface area contributed by atoms with Crippen LogP contribution in [0.3, 0.4) is 0 Å². The smallest absolute Gasteiger partial charge is 0.251 e. The van der Waals surface area contributed by atoms with Crippen LogP contribution in [-0.4, -0.2) is 40.1 Å². The van der Waals surface area contributed by atoms with Gasteiger partial charge in [0.2, 0.25) is 0 Å². The Kier molecular flexibility index (Phi) is 3.05. The van der Waals surface area contributed by atoms with Crippen molar-refractivity contribution in [3.8, 4) is 0 Å². The summed E-state index contributed by atoms with van der Waals surface area (Å²) in [7, 11) is 0. The van der Waals surface area contributed by atoms with Crippen LogP contribution in [0.5, 0.6) is 0 Å². The molecule has 2 aliphatic heterocycles. The van der Waals surface area contributed by atoms with E-state index >= 15 is 0 Å². The average molecular weight is 284 g/mol. The van der Waals surface area contributed by atoms with Crippen molar-refractivity contribution in [3.05, 3.63) is 40.3 Å². The first-order valence-corrected chi connectivity index (χ1v) is 7.69. The Labute approximate surface area is 123 Å². The third-order valence-corrected chi connectivity index (χ3v) is 4.86. The fourth-order valence-corrected chi connectivity index (χ4v) is 3.68. The highest BCUT2D eigenvalue weighted by molar-refractivity contribution is 5.80. The molecule has 0 saturated carbocycles. The molecule has 110 valence electrons. The molecule has 0 spiro atoms. The molecule has 5 nitrogen and oxygen atoms in total. The van der Waals surface area contributed by atoms with Gasteiger partial charge in [0.05, 0.1) is 11.0 Å². The lowest BCUT2D eigenvalue weighted by Gasteiger charge is -2.32. The zero-order valence-electron chi connectivity index (χ0n) is 12.0. The van der Waals surface area contributed by atoms with Crippen molar-refractivity contribution in [1.82, 2.24) is 14.5 Å². The molecule has 2 N–H and O–H groups in total. The summed E-state index contributed by atoms with van der Waals surface area (Å²) >= 11 is 0. The predicted octanol–water partition coefficient (Wildman–Crippen LogP) is 0.917. The van der Waals surface area contributed by atoms with Gasteiger partial charge >= 0.3 is 0 Å². The van der Waals surface area contributed by atoms with Crippen molar-refractivity contribution in [3.63, 3.8) is 0 Å². The van der Waals surface area contributed by atoms with Gasteiger partial charge in [-0.05, 0) is 43.6 Å². The SMILES string of the molecule is NC1CCN(CC2Cn3c(=O)ccc4nccc2c43)CC1. The standard InChI is InChI=1S/C16H20N4O/c17-12-4-7-19(8-5-12)9-11-10-20-15(21)2-1-14-16(20)13(11)3-6-18-14/h1-3,6,11-12H,4-5,7-10,17H2. The van der Waals surface area contributed by atoms with Crippen LogP contribution in [0.15, 0.2) is 29.2 Å². The molecule has 0 amide bonds. The molecule has 4 heterocycles. The molecule has 4 rings (SSSR count). The van der Waals surface area contributed by atoms with E-state index in [2.05, 4.69) is 16.0 Å². The van der Waals surface area contributed by atoms with Gasteiger partial charge in [0.15, 0.2) is 0 Å². The minimum Gasteiger partial charge on any atom is -0.328 e. The Bertz CT molecular complexity index is 731. The van der Waals surface area contributed by atoms with E-state index in [0.717, 1.165) is 50.1 Å². The summed E-state index contributed by atoms with van der Waals surface area (Å²) in [6.07, 6.45) is 4.01. The zero-order valence-corrected chi connectivity index (χ0v) is 12.0. The van der Waals surface area contributed by atoms with Gasteiger partial charge in [0, 0.05) is 37.3 Å².